The monoisotopic (exact) mass is 307 g/mol. The zero-order valence-corrected chi connectivity index (χ0v) is 12.0. The lowest BCUT2D eigenvalue weighted by Crippen LogP contribution is -2.43. The number of sulfonamides is 1. The second-order valence-electron chi connectivity index (χ2n) is 5.55. The topological polar surface area (TPSA) is 63.2 Å². The van der Waals surface area contributed by atoms with E-state index in [2.05, 4.69) is 4.72 Å². The van der Waals surface area contributed by atoms with Crippen LogP contribution in [-0.4, -0.2) is 25.5 Å². The van der Waals surface area contributed by atoms with E-state index >= 15 is 0 Å². The Balaban J connectivity index is 1.92. The van der Waals surface area contributed by atoms with Crippen molar-refractivity contribution in [3.05, 3.63) is 12.2 Å². The third-order valence-corrected chi connectivity index (χ3v) is 5.78. The number of amides is 1. The van der Waals surface area contributed by atoms with Crippen molar-refractivity contribution < 1.29 is 22.0 Å². The van der Waals surface area contributed by atoms with Gasteiger partial charge in [-0.05, 0) is 32.1 Å². The molecule has 20 heavy (non-hydrogen) atoms. The fraction of sp³-hybridized carbons (Fsp3) is 0.769. The molecule has 0 spiro atoms. The molecule has 0 radical (unpaired) electrons. The van der Waals surface area contributed by atoms with E-state index in [1.165, 1.54) is 0 Å². The maximum absolute atomic E-state index is 13.0. The van der Waals surface area contributed by atoms with Gasteiger partial charge in [-0.15, -0.1) is 0 Å². The molecule has 0 heterocycles. The number of nitrogens with one attached hydrogen (secondary N) is 1. The van der Waals surface area contributed by atoms with E-state index in [1.807, 2.05) is 6.08 Å². The standard InChI is InChI=1S/C13H19F2NO3S/c14-13(15)8-6-10(7-9-13)12(17)16-20(18,19)11-4-2-1-3-5-11/h1-2,10-11H,3-9H2,(H,16,17). The first kappa shape index (κ1) is 15.4. The normalized spacial score (nSPS) is 27.2. The Kier molecular flexibility index (Phi) is 4.46. The van der Waals surface area contributed by atoms with Gasteiger partial charge < -0.3 is 0 Å². The van der Waals surface area contributed by atoms with Crippen molar-refractivity contribution >= 4 is 15.9 Å². The average molecular weight is 307 g/mol. The molecule has 2 aliphatic rings. The number of alkyl halides is 2. The molecule has 4 nitrogen and oxygen atoms in total. The predicted molar refractivity (Wildman–Crippen MR) is 70.7 cm³/mol. The summed E-state index contributed by atoms with van der Waals surface area (Å²) < 4.78 is 52.2. The lowest BCUT2D eigenvalue weighted by Gasteiger charge is -2.28. The molecule has 1 N–H and O–H groups in total. The molecule has 1 fully saturated rings. The van der Waals surface area contributed by atoms with Crippen molar-refractivity contribution in [2.24, 2.45) is 5.92 Å². The summed E-state index contributed by atoms with van der Waals surface area (Å²) >= 11 is 0. The largest absolute Gasteiger partial charge is 0.274 e. The minimum atomic E-state index is -3.70. The average Bonchev–Trinajstić information content (AvgIpc) is 2.39. The molecule has 1 unspecified atom stereocenters. The molecule has 0 aromatic heterocycles. The molecule has 2 rings (SSSR count). The Morgan fingerprint density at radius 3 is 2.35 bits per heavy atom. The van der Waals surface area contributed by atoms with Crippen LogP contribution in [0, 0.1) is 5.92 Å². The van der Waals surface area contributed by atoms with Gasteiger partial charge in [-0.3, -0.25) is 9.52 Å². The number of carbonyl (C=O) groups is 1. The summed E-state index contributed by atoms with van der Waals surface area (Å²) in [6.07, 6.45) is 4.64. The van der Waals surface area contributed by atoms with Crippen molar-refractivity contribution in [1.29, 1.82) is 0 Å². The van der Waals surface area contributed by atoms with Crippen LogP contribution in [0.25, 0.3) is 0 Å². The molecule has 0 saturated heterocycles. The SMILES string of the molecule is O=C(NS(=O)(=O)C1CC=CCC1)C1CCC(F)(F)CC1. The highest BCUT2D eigenvalue weighted by molar-refractivity contribution is 7.90. The smallest absolute Gasteiger partial charge is 0.248 e. The summed E-state index contributed by atoms with van der Waals surface area (Å²) in [5.41, 5.74) is 0. The van der Waals surface area contributed by atoms with Gasteiger partial charge in [-0.25, -0.2) is 17.2 Å². The predicted octanol–water partition coefficient (Wildman–Crippen LogP) is 2.37. The fourth-order valence-corrected chi connectivity index (χ4v) is 4.08. The molecule has 0 aromatic carbocycles. The Hall–Kier alpha value is -0.980. The van der Waals surface area contributed by atoms with Crippen molar-refractivity contribution in [3.63, 3.8) is 0 Å². The van der Waals surface area contributed by atoms with Crippen LogP contribution in [0.15, 0.2) is 12.2 Å². The maximum Gasteiger partial charge on any atom is 0.248 e. The van der Waals surface area contributed by atoms with Crippen molar-refractivity contribution in [2.75, 3.05) is 0 Å². The van der Waals surface area contributed by atoms with Gasteiger partial charge in [0.15, 0.2) is 0 Å². The van der Waals surface area contributed by atoms with Gasteiger partial charge >= 0.3 is 0 Å². The van der Waals surface area contributed by atoms with E-state index in [-0.39, 0.29) is 25.7 Å². The third kappa shape index (κ3) is 3.77. The minimum absolute atomic E-state index is 0.0406. The van der Waals surface area contributed by atoms with E-state index in [0.717, 1.165) is 0 Å². The second kappa shape index (κ2) is 5.79. The van der Waals surface area contributed by atoms with Gasteiger partial charge in [0.25, 0.3) is 0 Å². The Labute approximate surface area is 117 Å². The number of rotatable bonds is 3. The molecule has 0 bridgehead atoms. The molecule has 1 atom stereocenters. The van der Waals surface area contributed by atoms with Gasteiger partial charge in [-0.1, -0.05) is 12.2 Å². The van der Waals surface area contributed by atoms with Crippen LogP contribution in [0.4, 0.5) is 8.78 Å². The molecular formula is C13H19F2NO3S. The first-order chi connectivity index (χ1) is 9.30. The van der Waals surface area contributed by atoms with E-state index in [0.29, 0.717) is 19.3 Å². The Morgan fingerprint density at radius 1 is 1.15 bits per heavy atom. The van der Waals surface area contributed by atoms with Crippen LogP contribution in [-0.2, 0) is 14.8 Å². The quantitative estimate of drug-likeness (QED) is 0.814. The number of carbonyl (C=O) groups excluding carboxylic acids is 1. The van der Waals surface area contributed by atoms with Crippen molar-refractivity contribution in [3.8, 4) is 0 Å². The summed E-state index contributed by atoms with van der Waals surface area (Å²) in [5, 5.41) is -0.596. The van der Waals surface area contributed by atoms with Gasteiger partial charge in [-0.2, -0.15) is 0 Å². The number of hydrogen-bond donors (Lipinski definition) is 1. The number of hydrogen-bond acceptors (Lipinski definition) is 3. The van der Waals surface area contributed by atoms with Crippen molar-refractivity contribution in [2.45, 2.75) is 56.1 Å². The lowest BCUT2D eigenvalue weighted by molar-refractivity contribution is -0.127. The summed E-state index contributed by atoms with van der Waals surface area (Å²) in [7, 11) is -3.70. The zero-order chi connectivity index (χ0) is 14.8. The van der Waals surface area contributed by atoms with E-state index in [9.17, 15) is 22.0 Å². The summed E-state index contributed by atoms with van der Waals surface area (Å²) in [6.45, 7) is 0. The Bertz CT molecular complexity index is 492. The van der Waals surface area contributed by atoms with Crippen LogP contribution in [0.1, 0.15) is 44.9 Å². The molecular weight excluding hydrogens is 288 g/mol. The molecule has 114 valence electrons. The van der Waals surface area contributed by atoms with Gasteiger partial charge in [0.2, 0.25) is 21.9 Å². The lowest BCUT2D eigenvalue weighted by atomic mass is 9.86. The third-order valence-electron chi connectivity index (χ3n) is 3.99. The molecule has 1 saturated carbocycles. The van der Waals surface area contributed by atoms with E-state index < -0.39 is 33.0 Å². The first-order valence-corrected chi connectivity index (χ1v) is 8.43. The van der Waals surface area contributed by atoms with Crippen molar-refractivity contribution in [1.82, 2.24) is 4.72 Å². The second-order valence-corrected chi connectivity index (χ2v) is 7.51. The highest BCUT2D eigenvalue weighted by Gasteiger charge is 2.38. The maximum atomic E-state index is 13.0. The van der Waals surface area contributed by atoms with Gasteiger partial charge in [0, 0.05) is 18.8 Å². The van der Waals surface area contributed by atoms with Crippen LogP contribution < -0.4 is 4.72 Å². The van der Waals surface area contributed by atoms with E-state index in [1.54, 1.807) is 6.08 Å². The summed E-state index contributed by atoms with van der Waals surface area (Å²) in [6, 6.07) is 0. The van der Waals surface area contributed by atoms with Gasteiger partial charge in [0.1, 0.15) is 0 Å². The number of halogens is 2. The molecule has 1 amide bonds. The molecule has 0 aliphatic heterocycles. The van der Waals surface area contributed by atoms with Gasteiger partial charge in [0.05, 0.1) is 5.25 Å². The fourth-order valence-electron chi connectivity index (χ4n) is 2.66. The molecule has 7 heteroatoms. The Morgan fingerprint density at radius 2 is 1.80 bits per heavy atom. The summed E-state index contributed by atoms with van der Waals surface area (Å²) in [5.74, 6) is -3.97. The first-order valence-electron chi connectivity index (χ1n) is 6.88. The summed E-state index contributed by atoms with van der Waals surface area (Å²) in [4.78, 5) is 11.9. The van der Waals surface area contributed by atoms with Crippen LogP contribution in [0.2, 0.25) is 0 Å². The molecule has 0 aromatic rings. The van der Waals surface area contributed by atoms with E-state index in [4.69, 9.17) is 0 Å². The van der Waals surface area contributed by atoms with Crippen LogP contribution >= 0.6 is 0 Å². The number of allylic oxidation sites excluding steroid dienone is 2. The minimum Gasteiger partial charge on any atom is -0.274 e. The molecule has 2 aliphatic carbocycles. The van der Waals surface area contributed by atoms with Crippen LogP contribution in [0.5, 0.6) is 0 Å². The van der Waals surface area contributed by atoms with Crippen LogP contribution in [0.3, 0.4) is 0 Å². The highest BCUT2D eigenvalue weighted by Crippen LogP contribution is 2.36. The highest BCUT2D eigenvalue weighted by atomic mass is 32.2. The zero-order valence-electron chi connectivity index (χ0n) is 11.1.